The monoisotopic (exact) mass is 358 g/mol. The summed E-state index contributed by atoms with van der Waals surface area (Å²) in [6.07, 6.45) is 10.8. The minimum atomic E-state index is -0.960. The van der Waals surface area contributed by atoms with Crippen molar-refractivity contribution in [2.45, 2.75) is 116 Å². The number of rotatable bonds is 17. The number of aliphatic hydroxyl groups excluding tert-OH is 1. The van der Waals surface area contributed by atoms with Gasteiger partial charge < -0.3 is 14.9 Å². The number of carboxylic acids is 1. The van der Waals surface area contributed by atoms with Crippen molar-refractivity contribution in [2.75, 3.05) is 0 Å². The maximum absolute atomic E-state index is 11.9. The van der Waals surface area contributed by atoms with E-state index in [1.807, 2.05) is 0 Å². The number of carboxylic acid groups (broad SMARTS) is 1. The fraction of sp³-hybridized carbons (Fsp3) is 0.900. The predicted molar refractivity (Wildman–Crippen MR) is 99.5 cm³/mol. The van der Waals surface area contributed by atoms with Gasteiger partial charge in [0.15, 0.2) is 0 Å². The molecule has 0 aromatic carbocycles. The van der Waals surface area contributed by atoms with Gasteiger partial charge >= 0.3 is 11.9 Å². The fourth-order valence-electron chi connectivity index (χ4n) is 2.88. The van der Waals surface area contributed by atoms with Gasteiger partial charge in [-0.3, -0.25) is 9.59 Å². The van der Waals surface area contributed by atoms with Gasteiger partial charge in [0.2, 0.25) is 0 Å². The number of hydrogen-bond acceptors (Lipinski definition) is 4. The van der Waals surface area contributed by atoms with Crippen LogP contribution in [0.4, 0.5) is 0 Å². The van der Waals surface area contributed by atoms with E-state index in [9.17, 15) is 14.7 Å². The summed E-state index contributed by atoms with van der Waals surface area (Å²) in [6.45, 7) is 4.26. The van der Waals surface area contributed by atoms with Gasteiger partial charge in [-0.1, -0.05) is 71.6 Å². The average Bonchev–Trinajstić information content (AvgIpc) is 2.53. The average molecular weight is 359 g/mol. The highest BCUT2D eigenvalue weighted by Gasteiger charge is 2.19. The van der Waals surface area contributed by atoms with Crippen molar-refractivity contribution in [2.24, 2.45) is 0 Å². The van der Waals surface area contributed by atoms with Crippen LogP contribution in [-0.4, -0.2) is 34.4 Å². The second kappa shape index (κ2) is 16.4. The molecule has 0 saturated carbocycles. The van der Waals surface area contributed by atoms with E-state index in [2.05, 4.69) is 13.8 Å². The molecule has 0 radical (unpaired) electrons. The van der Waals surface area contributed by atoms with Crippen LogP contribution in [-0.2, 0) is 14.3 Å². The topological polar surface area (TPSA) is 83.8 Å². The second-order valence-corrected chi connectivity index (χ2v) is 6.97. The van der Waals surface area contributed by atoms with Crippen molar-refractivity contribution >= 4 is 11.9 Å². The van der Waals surface area contributed by atoms with E-state index in [4.69, 9.17) is 9.84 Å². The van der Waals surface area contributed by atoms with Gasteiger partial charge in [-0.25, -0.2) is 0 Å². The third-order valence-corrected chi connectivity index (χ3v) is 4.37. The van der Waals surface area contributed by atoms with Crippen molar-refractivity contribution in [1.82, 2.24) is 0 Å². The Labute approximate surface area is 153 Å². The van der Waals surface area contributed by atoms with E-state index in [1.165, 1.54) is 32.1 Å². The van der Waals surface area contributed by atoms with E-state index >= 15 is 0 Å². The Morgan fingerprint density at radius 3 is 1.92 bits per heavy atom. The Bertz CT molecular complexity index is 343. The van der Waals surface area contributed by atoms with Crippen LogP contribution in [0, 0.1) is 0 Å². The molecule has 0 spiro atoms. The number of unbranched alkanes of at least 4 members (excludes halogenated alkanes) is 8. The summed E-state index contributed by atoms with van der Waals surface area (Å²) in [7, 11) is 0. The van der Waals surface area contributed by atoms with Gasteiger partial charge in [0.25, 0.3) is 0 Å². The van der Waals surface area contributed by atoms with E-state index in [0.717, 1.165) is 32.1 Å². The molecule has 5 heteroatoms. The van der Waals surface area contributed by atoms with Gasteiger partial charge in [0.05, 0.1) is 18.9 Å². The lowest BCUT2D eigenvalue weighted by Gasteiger charge is -2.17. The Kier molecular flexibility index (Phi) is 15.7. The summed E-state index contributed by atoms with van der Waals surface area (Å²) in [5.74, 6) is -1.45. The molecule has 25 heavy (non-hydrogen) atoms. The third kappa shape index (κ3) is 16.1. The molecule has 2 N–H and O–H groups in total. The van der Waals surface area contributed by atoms with Crippen molar-refractivity contribution in [3.8, 4) is 0 Å². The maximum atomic E-state index is 11.9. The summed E-state index contributed by atoms with van der Waals surface area (Å²) in [4.78, 5) is 22.8. The molecule has 0 aromatic rings. The van der Waals surface area contributed by atoms with Gasteiger partial charge in [-0.2, -0.15) is 0 Å². The Hall–Kier alpha value is -1.10. The zero-order valence-corrected chi connectivity index (χ0v) is 16.2. The molecule has 0 aromatic heterocycles. The number of aliphatic carboxylic acids is 1. The highest BCUT2D eigenvalue weighted by molar-refractivity contribution is 5.71. The van der Waals surface area contributed by atoms with Crippen LogP contribution in [0.5, 0.6) is 0 Å². The zero-order chi connectivity index (χ0) is 18.9. The number of ether oxygens (including phenoxy) is 1. The lowest BCUT2D eigenvalue weighted by Crippen LogP contribution is -2.24. The van der Waals surface area contributed by atoms with E-state index in [-0.39, 0.29) is 12.8 Å². The number of aliphatic hydroxyl groups is 1. The number of hydrogen-bond donors (Lipinski definition) is 2. The molecule has 0 aliphatic rings. The van der Waals surface area contributed by atoms with Crippen molar-refractivity contribution in [1.29, 1.82) is 0 Å². The first-order valence-corrected chi connectivity index (χ1v) is 10.1. The molecule has 5 nitrogen and oxygen atoms in total. The summed E-state index contributed by atoms with van der Waals surface area (Å²) < 4.78 is 5.27. The molecule has 0 bridgehead atoms. The molecule has 0 amide bonds. The molecule has 148 valence electrons. The van der Waals surface area contributed by atoms with Crippen LogP contribution in [0.15, 0.2) is 0 Å². The minimum absolute atomic E-state index is 0.0419. The minimum Gasteiger partial charge on any atom is -0.481 e. The van der Waals surface area contributed by atoms with Gasteiger partial charge in [0.1, 0.15) is 6.10 Å². The summed E-state index contributed by atoms with van der Waals surface area (Å²) in [6, 6.07) is 0. The van der Waals surface area contributed by atoms with E-state index in [0.29, 0.717) is 12.8 Å². The smallest absolute Gasteiger partial charge is 0.308 e. The molecule has 2 atom stereocenters. The van der Waals surface area contributed by atoms with Crippen molar-refractivity contribution < 1.29 is 24.5 Å². The van der Waals surface area contributed by atoms with Crippen LogP contribution in [0.25, 0.3) is 0 Å². The van der Waals surface area contributed by atoms with Gasteiger partial charge in [-0.05, 0) is 19.3 Å². The van der Waals surface area contributed by atoms with Crippen LogP contribution in [0.2, 0.25) is 0 Å². The van der Waals surface area contributed by atoms with Crippen LogP contribution in [0.1, 0.15) is 104 Å². The number of carbonyl (C=O) groups is 2. The van der Waals surface area contributed by atoms with Gasteiger partial charge in [-0.15, -0.1) is 0 Å². The molecule has 0 heterocycles. The van der Waals surface area contributed by atoms with Gasteiger partial charge in [0, 0.05) is 0 Å². The molecule has 0 aliphatic heterocycles. The normalized spacial score (nSPS) is 13.4. The fourth-order valence-corrected chi connectivity index (χ4v) is 2.88. The first kappa shape index (κ1) is 23.9. The summed E-state index contributed by atoms with van der Waals surface area (Å²) in [5.41, 5.74) is 0. The van der Waals surface area contributed by atoms with E-state index < -0.39 is 24.1 Å². The van der Waals surface area contributed by atoms with Crippen LogP contribution in [0.3, 0.4) is 0 Å². The van der Waals surface area contributed by atoms with Crippen LogP contribution < -0.4 is 0 Å². The molecule has 0 saturated heterocycles. The standard InChI is InChI=1S/C20H38O5/c1-3-5-7-8-9-10-12-13-17(21)15-20(24)25-18(16-19(22)23)14-11-6-4-2/h17-18,21H,3-16H2,1-2H3,(H,22,23). The Morgan fingerprint density at radius 1 is 0.800 bits per heavy atom. The van der Waals surface area contributed by atoms with E-state index in [1.54, 1.807) is 0 Å². The highest BCUT2D eigenvalue weighted by atomic mass is 16.5. The lowest BCUT2D eigenvalue weighted by molar-refractivity contribution is -0.155. The Balaban J connectivity index is 3.91. The second-order valence-electron chi connectivity index (χ2n) is 6.97. The predicted octanol–water partition coefficient (Wildman–Crippen LogP) is 4.84. The molecule has 0 aliphatic carbocycles. The SMILES string of the molecule is CCCCCCCCCC(O)CC(=O)OC(CCCCC)CC(=O)O. The Morgan fingerprint density at radius 2 is 1.32 bits per heavy atom. The molecular formula is C20H38O5. The van der Waals surface area contributed by atoms with Crippen molar-refractivity contribution in [3.05, 3.63) is 0 Å². The quantitative estimate of drug-likeness (QED) is 0.287. The number of carbonyl (C=O) groups excluding carboxylic acids is 1. The number of esters is 1. The largest absolute Gasteiger partial charge is 0.481 e. The summed E-state index contributed by atoms with van der Waals surface area (Å²) in [5, 5.41) is 18.9. The summed E-state index contributed by atoms with van der Waals surface area (Å²) >= 11 is 0. The molecule has 0 rings (SSSR count). The maximum Gasteiger partial charge on any atom is 0.308 e. The molecular weight excluding hydrogens is 320 g/mol. The zero-order valence-electron chi connectivity index (χ0n) is 16.2. The first-order chi connectivity index (χ1) is 12.0. The molecule has 0 fully saturated rings. The van der Waals surface area contributed by atoms with Crippen molar-refractivity contribution in [3.63, 3.8) is 0 Å². The van der Waals surface area contributed by atoms with Crippen LogP contribution >= 0.6 is 0 Å². The highest BCUT2D eigenvalue weighted by Crippen LogP contribution is 2.14. The third-order valence-electron chi connectivity index (χ3n) is 4.37. The lowest BCUT2D eigenvalue weighted by atomic mass is 10.0. The molecule has 2 unspecified atom stereocenters. The first-order valence-electron chi connectivity index (χ1n) is 10.1.